The maximum Gasteiger partial charge on any atom is 0.341 e. The highest BCUT2D eigenvalue weighted by atomic mass is 32.2. The largest absolute Gasteiger partial charge is 0.482 e. The van der Waals surface area contributed by atoms with Gasteiger partial charge in [0.1, 0.15) is 5.75 Å². The van der Waals surface area contributed by atoms with E-state index < -0.39 is 5.97 Å². The van der Waals surface area contributed by atoms with E-state index in [1.54, 1.807) is 0 Å². The summed E-state index contributed by atoms with van der Waals surface area (Å²) < 4.78 is 5.78. The van der Waals surface area contributed by atoms with E-state index in [2.05, 4.69) is 49.5 Å². The Kier molecular flexibility index (Phi) is 24.5. The van der Waals surface area contributed by atoms with Crippen molar-refractivity contribution in [1.29, 1.82) is 0 Å². The predicted octanol–water partition coefficient (Wildman–Crippen LogP) is 11.5. The van der Waals surface area contributed by atoms with Crippen molar-refractivity contribution in [2.24, 2.45) is 0 Å². The molecule has 0 aromatic heterocycles. The lowest BCUT2D eigenvalue weighted by atomic mass is 10.1. The van der Waals surface area contributed by atoms with Crippen LogP contribution in [0.3, 0.4) is 0 Å². The van der Waals surface area contributed by atoms with Crippen molar-refractivity contribution < 1.29 is 14.6 Å². The Labute approximate surface area is 244 Å². The van der Waals surface area contributed by atoms with Gasteiger partial charge in [0.25, 0.3) is 0 Å². The normalized spacial score (nSPS) is 11.3. The van der Waals surface area contributed by atoms with E-state index in [0.717, 1.165) is 0 Å². The van der Waals surface area contributed by atoms with E-state index in [9.17, 15) is 4.79 Å². The lowest BCUT2D eigenvalue weighted by Crippen LogP contribution is -2.09. The Balaban J connectivity index is 2.30. The van der Waals surface area contributed by atoms with E-state index in [4.69, 9.17) is 9.84 Å². The fraction of sp³-hybridized carbons (Fsp3) is 0.788. The molecule has 0 aliphatic rings. The van der Waals surface area contributed by atoms with E-state index >= 15 is 0 Å². The molecule has 0 bridgehead atoms. The van der Waals surface area contributed by atoms with Gasteiger partial charge in [-0.15, -0.1) is 23.5 Å². The van der Waals surface area contributed by atoms with Crippen molar-refractivity contribution in [2.45, 2.75) is 147 Å². The second-order valence-corrected chi connectivity index (χ2v) is 13.4. The summed E-state index contributed by atoms with van der Waals surface area (Å²) in [4.78, 5) is 10.8. The number of hydrogen-bond acceptors (Lipinski definition) is 4. The predicted molar refractivity (Wildman–Crippen MR) is 171 cm³/mol. The minimum Gasteiger partial charge on any atom is -0.482 e. The van der Waals surface area contributed by atoms with Crippen molar-refractivity contribution in [2.75, 3.05) is 18.1 Å². The summed E-state index contributed by atoms with van der Waals surface area (Å²) >= 11 is 4.17. The Morgan fingerprint density at radius 3 is 1.37 bits per heavy atom. The number of rotatable bonds is 28. The minimum atomic E-state index is -0.939. The summed E-state index contributed by atoms with van der Waals surface area (Å²) in [7, 11) is 0. The Morgan fingerprint density at radius 2 is 1.00 bits per heavy atom. The number of carboxylic acids is 1. The molecule has 3 nitrogen and oxygen atoms in total. The quantitative estimate of drug-likeness (QED) is 0.0807. The molecule has 0 radical (unpaired) electrons. The van der Waals surface area contributed by atoms with Gasteiger partial charge in [0.2, 0.25) is 0 Å². The first-order valence-corrected chi connectivity index (χ1v) is 17.9. The van der Waals surface area contributed by atoms with Crippen molar-refractivity contribution in [3.05, 3.63) is 29.8 Å². The second kappa shape index (κ2) is 26.4. The molecule has 0 heterocycles. The van der Waals surface area contributed by atoms with Gasteiger partial charge in [0.15, 0.2) is 6.61 Å². The third-order valence-electron chi connectivity index (χ3n) is 7.05. The number of aliphatic carboxylic acids is 1. The summed E-state index contributed by atoms with van der Waals surface area (Å²) in [5, 5.41) is 8.85. The Hall–Kier alpha value is -0.810. The molecule has 1 aromatic rings. The molecule has 5 heteroatoms. The van der Waals surface area contributed by atoms with Crippen LogP contribution in [0, 0.1) is 0 Å². The van der Waals surface area contributed by atoms with Crippen LogP contribution in [-0.4, -0.2) is 29.2 Å². The Morgan fingerprint density at radius 1 is 0.632 bits per heavy atom. The third-order valence-corrected chi connectivity index (χ3v) is 10.1. The molecule has 38 heavy (non-hydrogen) atoms. The van der Waals surface area contributed by atoms with Crippen LogP contribution in [0.15, 0.2) is 24.3 Å². The standard InChI is InChI=1S/C33H58O3S2/c1-3-5-7-9-11-13-15-17-19-21-27-37-33(30-23-25-31(26-24-30)36-29-32(34)35)38-28-22-20-18-16-14-12-10-8-6-4-2/h23-26,33H,3-22,27-29H2,1-2H3,(H,34,35). The van der Waals surface area contributed by atoms with Crippen LogP contribution in [0.4, 0.5) is 0 Å². The van der Waals surface area contributed by atoms with Crippen molar-refractivity contribution in [1.82, 2.24) is 0 Å². The van der Waals surface area contributed by atoms with Gasteiger partial charge in [-0.3, -0.25) is 0 Å². The molecule has 0 atom stereocenters. The highest BCUT2D eigenvalue weighted by Gasteiger charge is 2.13. The molecule has 220 valence electrons. The third kappa shape index (κ3) is 21.1. The second-order valence-electron chi connectivity index (χ2n) is 10.7. The van der Waals surface area contributed by atoms with Crippen LogP contribution in [0.25, 0.3) is 0 Å². The fourth-order valence-corrected chi connectivity index (χ4v) is 7.50. The van der Waals surface area contributed by atoms with Crippen LogP contribution in [0.2, 0.25) is 0 Å². The average Bonchev–Trinajstić information content (AvgIpc) is 2.92. The molecule has 0 aliphatic heterocycles. The number of thioether (sulfide) groups is 2. The van der Waals surface area contributed by atoms with Gasteiger partial charge >= 0.3 is 5.97 Å². The molecule has 0 fully saturated rings. The van der Waals surface area contributed by atoms with E-state index in [-0.39, 0.29) is 6.61 Å². The smallest absolute Gasteiger partial charge is 0.341 e. The van der Waals surface area contributed by atoms with Crippen molar-refractivity contribution >= 4 is 29.5 Å². The van der Waals surface area contributed by atoms with Gasteiger partial charge in [-0.2, -0.15) is 0 Å². The number of carboxylic acid groups (broad SMARTS) is 1. The minimum absolute atomic E-state index is 0.288. The molecule has 0 saturated heterocycles. The van der Waals surface area contributed by atoms with Crippen LogP contribution >= 0.6 is 23.5 Å². The van der Waals surface area contributed by atoms with Crippen molar-refractivity contribution in [3.63, 3.8) is 0 Å². The summed E-state index contributed by atoms with van der Waals surface area (Å²) in [6, 6.07) is 8.10. The highest BCUT2D eigenvalue weighted by Crippen LogP contribution is 2.41. The van der Waals surface area contributed by atoms with Gasteiger partial charge in [-0.05, 0) is 42.0 Å². The molecule has 1 rings (SSSR count). The molecule has 1 N–H and O–H groups in total. The molecule has 0 unspecified atom stereocenters. The lowest BCUT2D eigenvalue weighted by Gasteiger charge is -2.17. The number of carbonyl (C=O) groups is 1. The number of hydrogen-bond donors (Lipinski definition) is 1. The first-order chi connectivity index (χ1) is 18.7. The van der Waals surface area contributed by atoms with Gasteiger partial charge in [-0.25, -0.2) is 4.79 Å². The fourth-order valence-electron chi connectivity index (χ4n) is 4.67. The lowest BCUT2D eigenvalue weighted by molar-refractivity contribution is -0.139. The summed E-state index contributed by atoms with van der Waals surface area (Å²) in [6.07, 6.45) is 27.6. The van der Waals surface area contributed by atoms with Gasteiger partial charge in [0.05, 0.1) is 4.58 Å². The van der Waals surface area contributed by atoms with Crippen LogP contribution in [0.1, 0.15) is 152 Å². The topological polar surface area (TPSA) is 46.5 Å². The molecular weight excluding hydrogens is 508 g/mol. The molecule has 0 amide bonds. The molecule has 0 aliphatic carbocycles. The van der Waals surface area contributed by atoms with Crippen LogP contribution < -0.4 is 4.74 Å². The van der Waals surface area contributed by atoms with Gasteiger partial charge in [0, 0.05) is 0 Å². The molecule has 1 aromatic carbocycles. The molecule has 0 saturated carbocycles. The van der Waals surface area contributed by atoms with E-state index in [1.165, 1.54) is 145 Å². The van der Waals surface area contributed by atoms with E-state index in [1.807, 2.05) is 12.1 Å². The van der Waals surface area contributed by atoms with Crippen LogP contribution in [0.5, 0.6) is 5.75 Å². The molecule has 0 spiro atoms. The first-order valence-electron chi connectivity index (χ1n) is 15.8. The first kappa shape index (κ1) is 35.2. The number of unbranched alkanes of at least 4 members (excludes halogenated alkanes) is 18. The Bertz CT molecular complexity index is 624. The van der Waals surface area contributed by atoms with Crippen molar-refractivity contribution in [3.8, 4) is 5.75 Å². The molecular formula is C33H58O3S2. The summed E-state index contributed by atoms with van der Waals surface area (Å²) in [5.74, 6) is 2.12. The van der Waals surface area contributed by atoms with Crippen LogP contribution in [-0.2, 0) is 4.79 Å². The van der Waals surface area contributed by atoms with Gasteiger partial charge < -0.3 is 9.84 Å². The van der Waals surface area contributed by atoms with Gasteiger partial charge in [-0.1, -0.05) is 142 Å². The highest BCUT2D eigenvalue weighted by molar-refractivity contribution is 8.16. The maximum atomic E-state index is 10.8. The average molecular weight is 567 g/mol. The summed E-state index contributed by atoms with van der Waals surface area (Å²) in [6.45, 7) is 4.28. The summed E-state index contributed by atoms with van der Waals surface area (Å²) in [5.41, 5.74) is 1.32. The monoisotopic (exact) mass is 566 g/mol. The maximum absolute atomic E-state index is 10.8. The zero-order valence-electron chi connectivity index (χ0n) is 24.7. The zero-order valence-corrected chi connectivity index (χ0v) is 26.4. The van der Waals surface area contributed by atoms with E-state index in [0.29, 0.717) is 10.3 Å². The SMILES string of the molecule is CCCCCCCCCCCCSC(SCCCCCCCCCCCC)c1ccc(OCC(=O)O)cc1. The number of ether oxygens (including phenoxy) is 1. The number of benzene rings is 1. The zero-order chi connectivity index (χ0) is 27.5.